The Hall–Kier alpha value is -1.37. The number of aromatic nitrogens is 1. The van der Waals surface area contributed by atoms with Crippen LogP contribution in [0.2, 0.25) is 10.0 Å². The summed E-state index contributed by atoms with van der Waals surface area (Å²) in [4.78, 5) is 23.7. The number of amides is 1. The third-order valence-electron chi connectivity index (χ3n) is 3.14. The molecule has 1 aromatic carbocycles. The van der Waals surface area contributed by atoms with Gasteiger partial charge >= 0.3 is 0 Å². The Morgan fingerprint density at radius 1 is 1.35 bits per heavy atom. The Bertz CT molecular complexity index is 811. The van der Waals surface area contributed by atoms with Gasteiger partial charge in [-0.25, -0.2) is 4.39 Å². The van der Waals surface area contributed by atoms with Crippen LogP contribution in [0.5, 0.6) is 0 Å². The Labute approximate surface area is 150 Å². The Balaban J connectivity index is 2.12. The van der Waals surface area contributed by atoms with Gasteiger partial charge in [0.1, 0.15) is 12.4 Å². The average Bonchev–Trinajstić information content (AvgIpc) is 2.46. The first kappa shape index (κ1) is 18.0. The highest BCUT2D eigenvalue weighted by Gasteiger charge is 2.16. The van der Waals surface area contributed by atoms with E-state index in [0.29, 0.717) is 10.0 Å². The molecule has 0 saturated carbocycles. The van der Waals surface area contributed by atoms with E-state index in [1.807, 2.05) is 0 Å². The molecule has 0 aliphatic rings. The van der Waals surface area contributed by atoms with Gasteiger partial charge in [-0.15, -0.1) is 0 Å². The second-order valence-corrected chi connectivity index (χ2v) is 6.62. The van der Waals surface area contributed by atoms with Gasteiger partial charge < -0.3 is 9.88 Å². The van der Waals surface area contributed by atoms with Crippen molar-refractivity contribution in [1.29, 1.82) is 0 Å². The van der Waals surface area contributed by atoms with Crippen molar-refractivity contribution < 1.29 is 9.18 Å². The quantitative estimate of drug-likeness (QED) is 0.760. The minimum Gasteiger partial charge on any atom is -0.348 e. The van der Waals surface area contributed by atoms with Crippen LogP contribution in [0.4, 0.5) is 4.39 Å². The summed E-state index contributed by atoms with van der Waals surface area (Å²) in [5, 5.41) is 2.84. The van der Waals surface area contributed by atoms with Gasteiger partial charge in [-0.05, 0) is 46.6 Å². The van der Waals surface area contributed by atoms with Crippen LogP contribution >= 0.6 is 39.1 Å². The van der Waals surface area contributed by atoms with Gasteiger partial charge in [0.2, 0.25) is 5.91 Å². The van der Waals surface area contributed by atoms with Crippen molar-refractivity contribution in [2.24, 2.45) is 0 Å². The van der Waals surface area contributed by atoms with Gasteiger partial charge in [-0.1, -0.05) is 23.2 Å². The molecule has 0 bridgehead atoms. The van der Waals surface area contributed by atoms with E-state index in [4.69, 9.17) is 23.2 Å². The number of halogens is 4. The molecule has 1 N–H and O–H groups in total. The lowest BCUT2D eigenvalue weighted by Gasteiger charge is -2.17. The number of rotatable bonds is 4. The summed E-state index contributed by atoms with van der Waals surface area (Å²) in [5.74, 6) is -1.01. The molecule has 0 aliphatic heterocycles. The SMILES string of the molecule is CC(NC(=O)Cn1cc(Br)ccc1=O)c1cc(F)c(Cl)cc1Cl. The summed E-state index contributed by atoms with van der Waals surface area (Å²) in [7, 11) is 0. The maximum Gasteiger partial charge on any atom is 0.251 e. The van der Waals surface area contributed by atoms with Crippen LogP contribution in [-0.4, -0.2) is 10.5 Å². The molecule has 2 aromatic rings. The fourth-order valence-electron chi connectivity index (χ4n) is 2.02. The fourth-order valence-corrected chi connectivity index (χ4v) is 2.94. The summed E-state index contributed by atoms with van der Waals surface area (Å²) in [6.45, 7) is 1.51. The normalized spacial score (nSPS) is 12.0. The van der Waals surface area contributed by atoms with E-state index in [-0.39, 0.29) is 22.1 Å². The number of carbonyl (C=O) groups excluding carboxylic acids is 1. The zero-order valence-electron chi connectivity index (χ0n) is 11.9. The molecule has 0 saturated heterocycles. The average molecular weight is 422 g/mol. The van der Waals surface area contributed by atoms with Crippen molar-refractivity contribution in [3.05, 3.63) is 66.7 Å². The molecule has 2 rings (SSSR count). The number of benzene rings is 1. The minimum atomic E-state index is -0.615. The predicted molar refractivity (Wildman–Crippen MR) is 91.4 cm³/mol. The molecule has 4 nitrogen and oxygen atoms in total. The van der Waals surface area contributed by atoms with Crippen LogP contribution in [0.3, 0.4) is 0 Å². The van der Waals surface area contributed by atoms with Crippen molar-refractivity contribution in [1.82, 2.24) is 9.88 Å². The second-order valence-electron chi connectivity index (χ2n) is 4.89. The van der Waals surface area contributed by atoms with Gasteiger partial charge in [-0.2, -0.15) is 0 Å². The van der Waals surface area contributed by atoms with E-state index in [1.54, 1.807) is 13.0 Å². The van der Waals surface area contributed by atoms with Crippen molar-refractivity contribution in [3.8, 4) is 0 Å². The molecular formula is C15H12BrCl2FN2O2. The molecule has 1 amide bonds. The molecular weight excluding hydrogens is 410 g/mol. The molecule has 1 aromatic heterocycles. The van der Waals surface area contributed by atoms with Gasteiger partial charge in [0.15, 0.2) is 0 Å². The highest BCUT2D eigenvalue weighted by atomic mass is 79.9. The number of nitrogens with zero attached hydrogens (tertiary/aromatic N) is 1. The predicted octanol–water partition coefficient (Wildman–Crippen LogP) is 3.93. The first-order chi connectivity index (χ1) is 10.8. The van der Waals surface area contributed by atoms with Gasteiger partial charge in [0, 0.05) is 21.8 Å². The molecule has 1 atom stereocenters. The van der Waals surface area contributed by atoms with E-state index in [9.17, 15) is 14.0 Å². The van der Waals surface area contributed by atoms with Crippen LogP contribution in [0.25, 0.3) is 0 Å². The summed E-state index contributed by atoms with van der Waals surface area (Å²) < 4.78 is 15.5. The maximum atomic E-state index is 13.5. The zero-order chi connectivity index (χ0) is 17.1. The molecule has 0 aliphatic carbocycles. The zero-order valence-corrected chi connectivity index (χ0v) is 15.0. The van der Waals surface area contributed by atoms with Crippen LogP contribution in [0, 0.1) is 5.82 Å². The van der Waals surface area contributed by atoms with Crippen LogP contribution in [0.15, 0.2) is 39.7 Å². The first-order valence-electron chi connectivity index (χ1n) is 6.57. The largest absolute Gasteiger partial charge is 0.348 e. The van der Waals surface area contributed by atoms with Crippen molar-refractivity contribution >= 4 is 45.0 Å². The fraction of sp³-hybridized carbons (Fsp3) is 0.200. The number of pyridine rings is 1. The molecule has 122 valence electrons. The topological polar surface area (TPSA) is 51.1 Å². The molecule has 8 heteroatoms. The minimum absolute atomic E-state index is 0.0852. The molecule has 0 spiro atoms. The van der Waals surface area contributed by atoms with Gasteiger partial charge in [0.25, 0.3) is 5.56 Å². The molecule has 0 radical (unpaired) electrons. The standard InChI is InChI=1S/C15H12BrCl2FN2O2/c1-8(10-4-13(19)12(18)5-11(10)17)20-14(22)7-21-6-9(16)2-3-15(21)23/h2-6,8H,7H2,1H3,(H,20,22). The smallest absolute Gasteiger partial charge is 0.251 e. The summed E-state index contributed by atoms with van der Waals surface area (Å²) >= 11 is 14.9. The monoisotopic (exact) mass is 420 g/mol. The number of nitrogens with one attached hydrogen (secondary N) is 1. The van der Waals surface area contributed by atoms with Crippen molar-refractivity contribution in [2.45, 2.75) is 19.5 Å². The molecule has 1 heterocycles. The lowest BCUT2D eigenvalue weighted by Crippen LogP contribution is -2.33. The number of carbonyl (C=O) groups is 1. The Kier molecular flexibility index (Phi) is 5.84. The van der Waals surface area contributed by atoms with E-state index >= 15 is 0 Å². The lowest BCUT2D eigenvalue weighted by molar-refractivity contribution is -0.122. The third-order valence-corrected chi connectivity index (χ3v) is 4.23. The second kappa shape index (κ2) is 7.47. The molecule has 23 heavy (non-hydrogen) atoms. The van der Waals surface area contributed by atoms with E-state index < -0.39 is 17.8 Å². The maximum absolute atomic E-state index is 13.5. The summed E-state index contributed by atoms with van der Waals surface area (Å²) in [6.07, 6.45) is 1.52. The van der Waals surface area contributed by atoms with Crippen molar-refractivity contribution in [2.75, 3.05) is 0 Å². The highest BCUT2D eigenvalue weighted by molar-refractivity contribution is 9.10. The third kappa shape index (κ3) is 4.56. The molecule has 1 unspecified atom stereocenters. The van der Waals surface area contributed by atoms with Gasteiger partial charge in [-0.3, -0.25) is 9.59 Å². The number of hydrogen-bond acceptors (Lipinski definition) is 2. The van der Waals surface area contributed by atoms with Crippen LogP contribution in [0.1, 0.15) is 18.5 Å². The lowest BCUT2D eigenvalue weighted by atomic mass is 10.1. The molecule has 0 fully saturated rings. The van der Waals surface area contributed by atoms with Gasteiger partial charge in [0.05, 0.1) is 11.1 Å². The van der Waals surface area contributed by atoms with E-state index in [1.165, 1.54) is 29.0 Å². The first-order valence-corrected chi connectivity index (χ1v) is 8.12. The summed E-state index contributed by atoms with van der Waals surface area (Å²) in [5.41, 5.74) is 0.107. The van der Waals surface area contributed by atoms with Crippen LogP contribution in [-0.2, 0) is 11.3 Å². The Morgan fingerprint density at radius 3 is 2.74 bits per heavy atom. The van der Waals surface area contributed by atoms with Crippen molar-refractivity contribution in [3.63, 3.8) is 0 Å². The highest BCUT2D eigenvalue weighted by Crippen LogP contribution is 2.28. The Morgan fingerprint density at radius 2 is 2.04 bits per heavy atom. The van der Waals surface area contributed by atoms with Crippen LogP contribution < -0.4 is 10.9 Å². The number of hydrogen-bond donors (Lipinski definition) is 1. The van der Waals surface area contributed by atoms with E-state index in [2.05, 4.69) is 21.2 Å². The van der Waals surface area contributed by atoms with E-state index in [0.717, 1.165) is 0 Å². The summed E-state index contributed by atoms with van der Waals surface area (Å²) in [6, 6.07) is 4.88.